The topological polar surface area (TPSA) is 50.2 Å². The summed E-state index contributed by atoms with van der Waals surface area (Å²) in [4.78, 5) is 15.6. The number of carboxylic acids is 1. The summed E-state index contributed by atoms with van der Waals surface area (Å²) in [7, 11) is 0. The molecule has 0 aliphatic heterocycles. The lowest BCUT2D eigenvalue weighted by atomic mass is 10.1. The molecule has 0 radical (unpaired) electrons. The van der Waals surface area contributed by atoms with Gasteiger partial charge in [0.15, 0.2) is 4.34 Å². The molecule has 0 amide bonds. The van der Waals surface area contributed by atoms with Crippen LogP contribution in [0.2, 0.25) is 0 Å². The first-order chi connectivity index (χ1) is 7.12. The first kappa shape index (κ1) is 11.0. The molecule has 2 rings (SSSR count). The summed E-state index contributed by atoms with van der Waals surface area (Å²) < 4.78 is 0.279. The van der Waals surface area contributed by atoms with Crippen molar-refractivity contribution < 1.29 is 9.90 Å². The molecule has 1 N–H and O–H groups in total. The van der Waals surface area contributed by atoms with Crippen LogP contribution in [0.1, 0.15) is 31.4 Å². The van der Waals surface area contributed by atoms with E-state index in [1.54, 1.807) is 11.3 Å². The maximum atomic E-state index is 11.3. The molecule has 0 spiro atoms. The van der Waals surface area contributed by atoms with Gasteiger partial charge >= 0.3 is 5.97 Å². The van der Waals surface area contributed by atoms with Crippen LogP contribution < -0.4 is 0 Å². The highest BCUT2D eigenvalue weighted by molar-refractivity contribution is 8.03. The van der Waals surface area contributed by atoms with Gasteiger partial charge in [0, 0.05) is 11.1 Å². The quantitative estimate of drug-likeness (QED) is 0.886. The second-order valence-electron chi connectivity index (χ2n) is 3.86. The van der Waals surface area contributed by atoms with Gasteiger partial charge in [0.25, 0.3) is 0 Å². The standard InChI is InChI=1S/C10H13NO2S2/c1-7-6-14-9(11-7)15-10(8(12)13)4-2-3-5-10/h6H,2-5H2,1H3,(H,12,13). The Kier molecular flexibility index (Phi) is 3.02. The number of thioether (sulfide) groups is 1. The molecule has 1 aromatic heterocycles. The Labute approximate surface area is 96.9 Å². The lowest BCUT2D eigenvalue weighted by Gasteiger charge is -2.21. The molecular weight excluding hydrogens is 230 g/mol. The maximum absolute atomic E-state index is 11.3. The Hall–Kier alpha value is -0.550. The van der Waals surface area contributed by atoms with Crippen molar-refractivity contribution in [2.24, 2.45) is 0 Å². The van der Waals surface area contributed by atoms with Gasteiger partial charge in [0.2, 0.25) is 0 Å². The van der Waals surface area contributed by atoms with Crippen molar-refractivity contribution in [2.45, 2.75) is 41.7 Å². The predicted octanol–water partition coefficient (Wildman–Crippen LogP) is 2.94. The highest BCUT2D eigenvalue weighted by atomic mass is 32.2. The number of aryl methyl sites for hydroxylation is 1. The van der Waals surface area contributed by atoms with E-state index in [-0.39, 0.29) is 0 Å². The minimum Gasteiger partial charge on any atom is -0.480 e. The summed E-state index contributed by atoms with van der Waals surface area (Å²) in [5.41, 5.74) is 0.973. The van der Waals surface area contributed by atoms with E-state index in [9.17, 15) is 9.90 Å². The van der Waals surface area contributed by atoms with Gasteiger partial charge in [-0.15, -0.1) is 11.3 Å². The zero-order valence-corrected chi connectivity index (χ0v) is 10.2. The van der Waals surface area contributed by atoms with E-state index < -0.39 is 10.7 Å². The van der Waals surface area contributed by atoms with Gasteiger partial charge in [0.05, 0.1) is 0 Å². The molecule has 5 heteroatoms. The van der Waals surface area contributed by atoms with Gasteiger partial charge in [-0.05, 0) is 19.8 Å². The Morgan fingerprint density at radius 1 is 1.60 bits per heavy atom. The molecule has 1 aliphatic rings. The Morgan fingerprint density at radius 2 is 2.27 bits per heavy atom. The number of nitrogens with zero attached hydrogens (tertiary/aromatic N) is 1. The first-order valence-corrected chi connectivity index (χ1v) is 6.66. The number of aromatic nitrogens is 1. The van der Waals surface area contributed by atoms with Crippen molar-refractivity contribution in [2.75, 3.05) is 0 Å². The summed E-state index contributed by atoms with van der Waals surface area (Å²) in [6, 6.07) is 0. The van der Waals surface area contributed by atoms with Gasteiger partial charge in [-0.1, -0.05) is 24.6 Å². The SMILES string of the molecule is Cc1csc(SC2(C(=O)O)CCCC2)n1. The third-order valence-corrected chi connectivity index (χ3v) is 5.21. The number of aliphatic carboxylic acids is 1. The van der Waals surface area contributed by atoms with Crippen LogP contribution >= 0.6 is 23.1 Å². The van der Waals surface area contributed by atoms with E-state index in [1.165, 1.54) is 11.8 Å². The monoisotopic (exact) mass is 243 g/mol. The maximum Gasteiger partial charge on any atom is 0.320 e. The van der Waals surface area contributed by atoms with Gasteiger partial charge in [-0.3, -0.25) is 4.79 Å². The first-order valence-electron chi connectivity index (χ1n) is 4.97. The average molecular weight is 243 g/mol. The van der Waals surface area contributed by atoms with E-state index in [0.717, 1.165) is 35.7 Å². The molecule has 0 atom stereocenters. The van der Waals surface area contributed by atoms with Gasteiger partial charge in [0.1, 0.15) is 4.75 Å². The molecule has 0 unspecified atom stereocenters. The second-order valence-corrected chi connectivity index (χ2v) is 6.35. The minimum absolute atomic E-state index is 0.607. The molecule has 0 aromatic carbocycles. The van der Waals surface area contributed by atoms with Gasteiger partial charge in [-0.2, -0.15) is 0 Å². The lowest BCUT2D eigenvalue weighted by Crippen LogP contribution is -2.31. The number of carbonyl (C=O) groups is 1. The van der Waals surface area contributed by atoms with Crippen LogP contribution in [-0.4, -0.2) is 20.8 Å². The minimum atomic E-state index is -0.683. The molecule has 1 heterocycles. The molecule has 1 aliphatic carbocycles. The number of hydrogen-bond donors (Lipinski definition) is 1. The Bertz CT molecular complexity index is 369. The van der Waals surface area contributed by atoms with E-state index in [1.807, 2.05) is 12.3 Å². The van der Waals surface area contributed by atoms with Crippen molar-refractivity contribution in [1.82, 2.24) is 4.98 Å². The van der Waals surface area contributed by atoms with Crippen molar-refractivity contribution in [3.8, 4) is 0 Å². The highest BCUT2D eigenvalue weighted by Gasteiger charge is 2.43. The number of hydrogen-bond acceptors (Lipinski definition) is 4. The summed E-state index contributed by atoms with van der Waals surface area (Å²) in [6.45, 7) is 1.93. The summed E-state index contributed by atoms with van der Waals surface area (Å²) in [6.07, 6.45) is 3.57. The molecule has 0 bridgehead atoms. The molecule has 1 fully saturated rings. The van der Waals surface area contributed by atoms with E-state index in [4.69, 9.17) is 0 Å². The lowest BCUT2D eigenvalue weighted by molar-refractivity contribution is -0.139. The Balaban J connectivity index is 2.17. The van der Waals surface area contributed by atoms with Crippen LogP contribution in [0.5, 0.6) is 0 Å². The predicted molar refractivity (Wildman–Crippen MR) is 61.5 cm³/mol. The smallest absolute Gasteiger partial charge is 0.320 e. The molecule has 3 nitrogen and oxygen atoms in total. The molecule has 82 valence electrons. The summed E-state index contributed by atoms with van der Waals surface area (Å²) in [5, 5.41) is 11.3. The van der Waals surface area contributed by atoms with Crippen molar-refractivity contribution >= 4 is 29.1 Å². The van der Waals surface area contributed by atoms with Crippen LogP contribution in [0.4, 0.5) is 0 Å². The van der Waals surface area contributed by atoms with Gasteiger partial charge in [-0.25, -0.2) is 4.98 Å². The van der Waals surface area contributed by atoms with Crippen molar-refractivity contribution in [3.05, 3.63) is 11.1 Å². The van der Waals surface area contributed by atoms with Crippen LogP contribution in [-0.2, 0) is 4.79 Å². The van der Waals surface area contributed by atoms with Crippen molar-refractivity contribution in [1.29, 1.82) is 0 Å². The Morgan fingerprint density at radius 3 is 2.73 bits per heavy atom. The zero-order valence-electron chi connectivity index (χ0n) is 8.52. The van der Waals surface area contributed by atoms with Crippen molar-refractivity contribution in [3.63, 3.8) is 0 Å². The van der Waals surface area contributed by atoms with E-state index >= 15 is 0 Å². The summed E-state index contributed by atoms with van der Waals surface area (Å²) >= 11 is 2.98. The van der Waals surface area contributed by atoms with Crippen LogP contribution in [0.3, 0.4) is 0 Å². The van der Waals surface area contributed by atoms with Crippen LogP contribution in [0, 0.1) is 6.92 Å². The highest BCUT2D eigenvalue weighted by Crippen LogP contribution is 2.46. The molecule has 0 saturated heterocycles. The fourth-order valence-electron chi connectivity index (χ4n) is 1.85. The third-order valence-electron chi connectivity index (χ3n) is 2.68. The molecule has 1 aromatic rings. The average Bonchev–Trinajstić information content (AvgIpc) is 2.77. The third kappa shape index (κ3) is 2.18. The van der Waals surface area contributed by atoms with E-state index in [0.29, 0.717) is 0 Å². The molecule has 1 saturated carbocycles. The molecular formula is C10H13NO2S2. The number of thiazole rings is 1. The zero-order chi connectivity index (χ0) is 10.9. The second kappa shape index (κ2) is 4.14. The fraction of sp³-hybridized carbons (Fsp3) is 0.600. The normalized spacial score (nSPS) is 19.3. The van der Waals surface area contributed by atoms with E-state index in [2.05, 4.69) is 4.98 Å². The van der Waals surface area contributed by atoms with Crippen LogP contribution in [0.15, 0.2) is 9.72 Å². The number of rotatable bonds is 3. The van der Waals surface area contributed by atoms with Gasteiger partial charge < -0.3 is 5.11 Å². The largest absolute Gasteiger partial charge is 0.480 e. The molecule has 15 heavy (non-hydrogen) atoms. The van der Waals surface area contributed by atoms with Crippen LogP contribution in [0.25, 0.3) is 0 Å². The fourth-order valence-corrected chi connectivity index (χ4v) is 4.29. The number of carboxylic acid groups (broad SMARTS) is 1. The summed E-state index contributed by atoms with van der Waals surface area (Å²) in [5.74, 6) is -0.683.